The third-order valence-electron chi connectivity index (χ3n) is 7.33. The number of carbonyl (C=O) groups is 1. The van der Waals surface area contributed by atoms with Gasteiger partial charge in [0, 0.05) is 63.3 Å². The highest BCUT2D eigenvalue weighted by molar-refractivity contribution is 6.42. The van der Waals surface area contributed by atoms with E-state index in [2.05, 4.69) is 25.1 Å². The van der Waals surface area contributed by atoms with E-state index in [1.165, 1.54) is 0 Å². The number of benzene rings is 2. The highest BCUT2D eigenvalue weighted by atomic mass is 35.5. The number of hydrogen-bond acceptors (Lipinski definition) is 8. The Morgan fingerprint density at radius 3 is 2.64 bits per heavy atom. The molecule has 2 aromatic heterocycles. The van der Waals surface area contributed by atoms with Crippen molar-refractivity contribution in [2.45, 2.75) is 32.5 Å². The average Bonchev–Trinajstić information content (AvgIpc) is 3.53. The molecular formula is C30H31Cl2N7O3. The van der Waals surface area contributed by atoms with Gasteiger partial charge < -0.3 is 19.7 Å². The summed E-state index contributed by atoms with van der Waals surface area (Å²) in [5.41, 5.74) is 2.86. The van der Waals surface area contributed by atoms with Crippen molar-refractivity contribution in [3.8, 4) is 17.4 Å². The van der Waals surface area contributed by atoms with Crippen molar-refractivity contribution < 1.29 is 14.3 Å². The largest absolute Gasteiger partial charge is 0.486 e. The minimum absolute atomic E-state index is 0.0445. The molecule has 0 radical (unpaired) electrons. The number of nitrogens with zero attached hydrogens (tertiary/aromatic N) is 6. The maximum Gasteiger partial charge on any atom is 0.237 e. The molecule has 4 heterocycles. The first-order valence-electron chi connectivity index (χ1n) is 13.8. The molecule has 6 rings (SSSR count). The number of piperazine rings is 1. The number of carbonyl (C=O) groups excluding carboxylic acids is 1. The van der Waals surface area contributed by atoms with Gasteiger partial charge in [0.1, 0.15) is 25.4 Å². The zero-order valence-corrected chi connectivity index (χ0v) is 24.7. The highest BCUT2D eigenvalue weighted by Gasteiger charge is 2.30. The lowest BCUT2D eigenvalue weighted by Gasteiger charge is -2.42. The fraction of sp³-hybridized carbons (Fsp3) is 0.333. The Kier molecular flexibility index (Phi) is 8.46. The molecule has 1 N–H and O–H groups in total. The summed E-state index contributed by atoms with van der Waals surface area (Å²) in [7, 11) is 0. The first-order chi connectivity index (χ1) is 20.4. The van der Waals surface area contributed by atoms with Crippen LogP contribution in [0.3, 0.4) is 0 Å². The van der Waals surface area contributed by atoms with Crippen LogP contribution >= 0.6 is 23.2 Å². The molecule has 0 bridgehead atoms. The minimum atomic E-state index is -0.119. The maximum absolute atomic E-state index is 13.3. The molecule has 2 aromatic carbocycles. The van der Waals surface area contributed by atoms with E-state index in [-0.39, 0.29) is 11.9 Å². The smallest absolute Gasteiger partial charge is 0.237 e. The number of amides is 1. The van der Waals surface area contributed by atoms with Crippen molar-refractivity contribution in [1.29, 1.82) is 0 Å². The zero-order valence-electron chi connectivity index (χ0n) is 23.2. The molecular weight excluding hydrogens is 577 g/mol. The van der Waals surface area contributed by atoms with Crippen molar-refractivity contribution in [3.05, 3.63) is 88.1 Å². The van der Waals surface area contributed by atoms with Gasteiger partial charge in [-0.3, -0.25) is 14.3 Å². The van der Waals surface area contributed by atoms with E-state index in [9.17, 15) is 4.79 Å². The van der Waals surface area contributed by atoms with Crippen LogP contribution in [0.5, 0.6) is 11.5 Å². The molecule has 42 heavy (non-hydrogen) atoms. The van der Waals surface area contributed by atoms with Gasteiger partial charge in [0.15, 0.2) is 11.5 Å². The Labute approximate surface area is 254 Å². The van der Waals surface area contributed by atoms with Gasteiger partial charge in [-0.1, -0.05) is 35.3 Å². The number of anilines is 1. The van der Waals surface area contributed by atoms with E-state index in [1.54, 1.807) is 17.1 Å². The van der Waals surface area contributed by atoms with Crippen LogP contribution in [0, 0.1) is 6.92 Å². The summed E-state index contributed by atoms with van der Waals surface area (Å²) in [5, 5.41) is 4.16. The molecule has 0 spiro atoms. The molecule has 2 aliphatic rings. The van der Waals surface area contributed by atoms with Crippen molar-refractivity contribution >= 4 is 34.9 Å². The minimum Gasteiger partial charge on any atom is -0.486 e. The van der Waals surface area contributed by atoms with E-state index < -0.39 is 0 Å². The van der Waals surface area contributed by atoms with Gasteiger partial charge in [-0.05, 0) is 42.3 Å². The predicted molar refractivity (Wildman–Crippen MR) is 161 cm³/mol. The van der Waals surface area contributed by atoms with Crippen LogP contribution in [0.4, 0.5) is 5.82 Å². The summed E-state index contributed by atoms with van der Waals surface area (Å²) in [5.74, 6) is 2.72. The molecule has 10 nitrogen and oxygen atoms in total. The summed E-state index contributed by atoms with van der Waals surface area (Å²) in [4.78, 5) is 31.4. The molecule has 1 unspecified atom stereocenters. The Bertz CT molecular complexity index is 1570. The second-order valence-corrected chi connectivity index (χ2v) is 11.2. The Balaban J connectivity index is 1.19. The van der Waals surface area contributed by atoms with Crippen molar-refractivity contribution in [2.24, 2.45) is 0 Å². The number of hydrogen-bond donors (Lipinski definition) is 1. The third-order valence-corrected chi connectivity index (χ3v) is 8.07. The van der Waals surface area contributed by atoms with Gasteiger partial charge in [0.05, 0.1) is 16.1 Å². The predicted octanol–water partition coefficient (Wildman–Crippen LogP) is 4.45. The van der Waals surface area contributed by atoms with Crippen molar-refractivity contribution in [1.82, 2.24) is 29.7 Å². The fourth-order valence-corrected chi connectivity index (χ4v) is 5.62. The number of fused-ring (bicyclic) bond motifs is 1. The van der Waals surface area contributed by atoms with E-state index in [1.807, 2.05) is 55.6 Å². The molecule has 1 amide bonds. The first kappa shape index (κ1) is 28.3. The number of aromatic nitrogens is 4. The summed E-state index contributed by atoms with van der Waals surface area (Å²) in [6.45, 7) is 6.25. The molecule has 2 aliphatic heterocycles. The summed E-state index contributed by atoms with van der Waals surface area (Å²) in [6, 6.07) is 13.3. The number of rotatable bonds is 8. The molecule has 1 fully saturated rings. The van der Waals surface area contributed by atoms with Crippen LogP contribution in [0.2, 0.25) is 10.0 Å². The summed E-state index contributed by atoms with van der Waals surface area (Å²) >= 11 is 12.4. The van der Waals surface area contributed by atoms with Crippen LogP contribution in [-0.4, -0.2) is 69.2 Å². The zero-order chi connectivity index (χ0) is 29.1. The lowest BCUT2D eigenvalue weighted by Crippen LogP contribution is -2.54. The summed E-state index contributed by atoms with van der Waals surface area (Å²) < 4.78 is 13.1. The number of halogens is 2. The molecule has 4 aromatic rings. The highest BCUT2D eigenvalue weighted by Crippen LogP contribution is 2.31. The van der Waals surface area contributed by atoms with E-state index in [0.29, 0.717) is 67.6 Å². The normalized spacial score (nSPS) is 16.8. The fourth-order valence-electron chi connectivity index (χ4n) is 5.30. The van der Waals surface area contributed by atoms with Crippen LogP contribution < -0.4 is 19.7 Å². The number of imidazole rings is 1. The number of aryl methyl sites for hydroxylation is 1. The average molecular weight is 609 g/mol. The van der Waals surface area contributed by atoms with Crippen LogP contribution in [-0.2, 0) is 17.9 Å². The molecule has 218 valence electrons. The Hall–Kier alpha value is -3.86. The van der Waals surface area contributed by atoms with Gasteiger partial charge in [0.2, 0.25) is 11.9 Å². The maximum atomic E-state index is 13.3. The van der Waals surface area contributed by atoms with Crippen LogP contribution in [0.15, 0.2) is 61.2 Å². The van der Waals surface area contributed by atoms with Gasteiger partial charge >= 0.3 is 0 Å². The lowest BCUT2D eigenvalue weighted by molar-refractivity contribution is -0.121. The lowest BCUT2D eigenvalue weighted by atomic mass is 10.1. The monoisotopic (exact) mass is 607 g/mol. The molecule has 1 atom stereocenters. The molecule has 0 aliphatic carbocycles. The Morgan fingerprint density at radius 1 is 1.00 bits per heavy atom. The third kappa shape index (κ3) is 6.61. The van der Waals surface area contributed by atoms with Crippen LogP contribution in [0.1, 0.15) is 23.2 Å². The second kappa shape index (κ2) is 12.6. The van der Waals surface area contributed by atoms with Crippen LogP contribution in [0.25, 0.3) is 5.95 Å². The quantitative estimate of drug-likeness (QED) is 0.314. The molecule has 1 saturated heterocycles. The topological polar surface area (TPSA) is 97.6 Å². The Morgan fingerprint density at radius 2 is 1.83 bits per heavy atom. The van der Waals surface area contributed by atoms with Gasteiger partial charge in [-0.2, -0.15) is 4.98 Å². The SMILES string of the molecule is Cc1cc(N2CCN(Cc3ccc(Cl)c(Cl)c3)CC2CC(=O)NCc2ccc3c(c2)OCCO3)nc(-n2ccnc2)n1. The van der Waals surface area contributed by atoms with E-state index in [0.717, 1.165) is 34.9 Å². The summed E-state index contributed by atoms with van der Waals surface area (Å²) in [6.07, 6.45) is 5.49. The van der Waals surface area contributed by atoms with Crippen molar-refractivity contribution in [2.75, 3.05) is 37.7 Å². The second-order valence-electron chi connectivity index (χ2n) is 10.4. The number of ether oxygens (including phenoxy) is 2. The van der Waals surface area contributed by atoms with Gasteiger partial charge in [-0.15, -0.1) is 0 Å². The van der Waals surface area contributed by atoms with E-state index in [4.69, 9.17) is 37.7 Å². The van der Waals surface area contributed by atoms with E-state index >= 15 is 0 Å². The number of nitrogens with one attached hydrogen (secondary N) is 1. The van der Waals surface area contributed by atoms with Crippen molar-refractivity contribution in [3.63, 3.8) is 0 Å². The van der Waals surface area contributed by atoms with Gasteiger partial charge in [-0.25, -0.2) is 9.97 Å². The van der Waals surface area contributed by atoms with Gasteiger partial charge in [0.25, 0.3) is 0 Å². The molecule has 12 heteroatoms. The standard InChI is InChI=1S/C30H31Cl2N7O3/c1-20-12-28(36-30(35-20)38-7-6-33-19-38)39-9-8-37(17-22-2-4-24(31)25(32)13-22)18-23(39)15-29(40)34-16-21-3-5-26-27(14-21)42-11-10-41-26/h2-7,12-14,19,23H,8-11,15-18H2,1H3,(H,34,40). The molecule has 0 saturated carbocycles. The first-order valence-corrected chi connectivity index (χ1v) is 14.6.